The van der Waals surface area contributed by atoms with Gasteiger partial charge in [0.05, 0.1) is 11.3 Å². The van der Waals surface area contributed by atoms with Crippen molar-refractivity contribution in [1.29, 1.82) is 0 Å². The quantitative estimate of drug-likeness (QED) is 0.574. The molecule has 0 bridgehead atoms. The van der Waals surface area contributed by atoms with Gasteiger partial charge < -0.3 is 14.8 Å². The molecule has 0 radical (unpaired) electrons. The van der Waals surface area contributed by atoms with Gasteiger partial charge in [-0.1, -0.05) is 24.3 Å². The molecule has 9 heteroatoms. The summed E-state index contributed by atoms with van der Waals surface area (Å²) in [6, 6.07) is 10.6. The number of rotatable bonds is 7. The van der Waals surface area contributed by atoms with Crippen LogP contribution in [0.2, 0.25) is 0 Å². The molecule has 6 nitrogen and oxygen atoms in total. The van der Waals surface area contributed by atoms with E-state index >= 15 is 0 Å². The lowest BCUT2D eigenvalue weighted by molar-refractivity contribution is -0.149. The molecule has 0 unspecified atom stereocenters. The maximum atomic E-state index is 12.9. The molecule has 2 aromatic rings. The average molecular weight is 395 g/mol. The van der Waals surface area contributed by atoms with Crippen LogP contribution in [0.5, 0.6) is 5.75 Å². The van der Waals surface area contributed by atoms with Crippen molar-refractivity contribution >= 4 is 23.3 Å². The molecule has 1 amide bonds. The van der Waals surface area contributed by atoms with Gasteiger partial charge in [0.2, 0.25) is 0 Å². The molecule has 0 spiro atoms. The van der Waals surface area contributed by atoms with Gasteiger partial charge in [0.15, 0.2) is 19.0 Å². The fourth-order valence-corrected chi connectivity index (χ4v) is 2.16. The number of ketones is 1. The zero-order valence-electron chi connectivity index (χ0n) is 14.7. The van der Waals surface area contributed by atoms with Crippen molar-refractivity contribution in [2.75, 3.05) is 18.5 Å². The van der Waals surface area contributed by atoms with Gasteiger partial charge in [-0.25, -0.2) is 4.79 Å². The van der Waals surface area contributed by atoms with E-state index in [0.717, 1.165) is 12.1 Å². The number of esters is 1. The van der Waals surface area contributed by atoms with Crippen LogP contribution < -0.4 is 10.1 Å². The Hall–Kier alpha value is -3.36. The highest BCUT2D eigenvalue weighted by Gasteiger charge is 2.33. The molecule has 0 aliphatic carbocycles. The van der Waals surface area contributed by atoms with Crippen molar-refractivity contribution in [2.45, 2.75) is 13.1 Å². The van der Waals surface area contributed by atoms with E-state index in [4.69, 9.17) is 4.74 Å². The van der Waals surface area contributed by atoms with Gasteiger partial charge >= 0.3 is 12.1 Å². The summed E-state index contributed by atoms with van der Waals surface area (Å²) >= 11 is 0. The van der Waals surface area contributed by atoms with Crippen molar-refractivity contribution in [2.24, 2.45) is 0 Å². The minimum Gasteiger partial charge on any atom is -0.482 e. The summed E-state index contributed by atoms with van der Waals surface area (Å²) in [6.07, 6.45) is -4.64. The average Bonchev–Trinajstić information content (AvgIpc) is 2.64. The first-order valence-corrected chi connectivity index (χ1v) is 8.02. The minimum absolute atomic E-state index is 0.177. The van der Waals surface area contributed by atoms with Gasteiger partial charge in [-0.05, 0) is 31.2 Å². The highest BCUT2D eigenvalue weighted by molar-refractivity contribution is 5.94. The predicted octanol–water partition coefficient (Wildman–Crippen LogP) is 3.47. The molecule has 0 saturated heterocycles. The first-order valence-electron chi connectivity index (χ1n) is 8.02. The summed E-state index contributed by atoms with van der Waals surface area (Å²) in [5.41, 5.74) is -1.05. The second-order valence-electron chi connectivity index (χ2n) is 5.62. The lowest BCUT2D eigenvalue weighted by Crippen LogP contribution is -2.24. The van der Waals surface area contributed by atoms with Crippen LogP contribution in [0.3, 0.4) is 0 Å². The molecule has 148 valence electrons. The van der Waals surface area contributed by atoms with Crippen molar-refractivity contribution < 1.29 is 37.0 Å². The van der Waals surface area contributed by atoms with Crippen molar-refractivity contribution in [3.05, 3.63) is 59.7 Å². The third-order valence-corrected chi connectivity index (χ3v) is 3.47. The largest absolute Gasteiger partial charge is 0.482 e. The smallest absolute Gasteiger partial charge is 0.418 e. The van der Waals surface area contributed by atoms with Crippen molar-refractivity contribution in [3.63, 3.8) is 0 Å². The number of alkyl halides is 3. The Morgan fingerprint density at radius 2 is 1.71 bits per heavy atom. The Kier molecular flexibility index (Phi) is 6.75. The number of ether oxygens (including phenoxy) is 2. The summed E-state index contributed by atoms with van der Waals surface area (Å²) in [6.45, 7) is 0.0680. The number of anilines is 1. The Morgan fingerprint density at radius 1 is 1.00 bits per heavy atom. The number of hydrogen-bond acceptors (Lipinski definition) is 5. The van der Waals surface area contributed by atoms with Crippen LogP contribution in [-0.2, 0) is 20.5 Å². The van der Waals surface area contributed by atoms with E-state index in [2.05, 4.69) is 10.1 Å². The van der Waals surface area contributed by atoms with Crippen LogP contribution in [-0.4, -0.2) is 30.9 Å². The van der Waals surface area contributed by atoms with Crippen LogP contribution in [0, 0.1) is 0 Å². The number of carbonyl (C=O) groups is 3. The van der Waals surface area contributed by atoms with Crippen LogP contribution in [0.25, 0.3) is 0 Å². The van der Waals surface area contributed by atoms with Crippen molar-refractivity contribution in [1.82, 2.24) is 0 Å². The van der Waals surface area contributed by atoms with E-state index in [-0.39, 0.29) is 11.5 Å². The second-order valence-corrected chi connectivity index (χ2v) is 5.62. The Morgan fingerprint density at radius 3 is 2.39 bits per heavy atom. The third-order valence-electron chi connectivity index (χ3n) is 3.47. The zero-order chi connectivity index (χ0) is 20.7. The fraction of sp³-hybridized carbons (Fsp3) is 0.211. The number of carbonyl (C=O) groups excluding carboxylic acids is 3. The fourth-order valence-electron chi connectivity index (χ4n) is 2.16. The van der Waals surface area contributed by atoms with E-state index in [9.17, 15) is 27.6 Å². The number of nitrogens with one attached hydrogen (secondary N) is 1. The van der Waals surface area contributed by atoms with Gasteiger partial charge in [0, 0.05) is 5.56 Å². The lowest BCUT2D eigenvalue weighted by atomic mass is 10.1. The summed E-state index contributed by atoms with van der Waals surface area (Å²) in [5.74, 6) is -1.74. The number of para-hydroxylation sites is 1. The number of hydrogen-bond donors (Lipinski definition) is 1. The standard InChI is InChI=1S/C19H16F3NO5/c1-12(24)13-5-4-6-14(9-13)27-11-18(26)28-10-17(25)23-16-8-3-2-7-15(16)19(20,21)22/h2-9H,10-11H2,1H3,(H,23,25). The number of halogens is 3. The summed E-state index contributed by atoms with van der Waals surface area (Å²) in [5, 5.41) is 2.05. The van der Waals surface area contributed by atoms with Crippen LogP contribution in [0.15, 0.2) is 48.5 Å². The molecule has 0 heterocycles. The maximum absolute atomic E-state index is 12.9. The molecular formula is C19H16F3NO5. The van der Waals surface area contributed by atoms with Gasteiger partial charge in [0.1, 0.15) is 5.75 Å². The van der Waals surface area contributed by atoms with E-state index in [1.54, 1.807) is 12.1 Å². The molecular weight excluding hydrogens is 379 g/mol. The molecule has 2 rings (SSSR count). The minimum atomic E-state index is -4.64. The summed E-state index contributed by atoms with van der Waals surface area (Å²) in [7, 11) is 0. The molecule has 1 N–H and O–H groups in total. The monoisotopic (exact) mass is 395 g/mol. The highest BCUT2D eigenvalue weighted by atomic mass is 19.4. The molecule has 0 atom stereocenters. The highest BCUT2D eigenvalue weighted by Crippen LogP contribution is 2.34. The summed E-state index contributed by atoms with van der Waals surface area (Å²) in [4.78, 5) is 34.7. The summed E-state index contributed by atoms with van der Waals surface area (Å²) < 4.78 is 48.5. The topological polar surface area (TPSA) is 81.7 Å². The van der Waals surface area contributed by atoms with Crippen molar-refractivity contribution in [3.8, 4) is 5.75 Å². The molecule has 0 aliphatic rings. The van der Waals surface area contributed by atoms with Crippen LogP contribution in [0.4, 0.5) is 18.9 Å². The van der Waals surface area contributed by atoms with Gasteiger partial charge in [0.25, 0.3) is 5.91 Å². The molecule has 0 aromatic heterocycles. The molecule has 0 saturated carbocycles. The number of amides is 1. The Labute approximate surface area is 158 Å². The van der Waals surface area contributed by atoms with Crippen LogP contribution in [0.1, 0.15) is 22.8 Å². The normalized spacial score (nSPS) is 10.9. The van der Waals surface area contributed by atoms with E-state index < -0.39 is 42.5 Å². The number of Topliss-reactive ketones (excluding diaryl/α,β-unsaturated/α-hetero) is 1. The lowest BCUT2D eigenvalue weighted by Gasteiger charge is -2.13. The van der Waals surface area contributed by atoms with E-state index in [1.807, 2.05) is 0 Å². The molecule has 2 aromatic carbocycles. The predicted molar refractivity (Wildman–Crippen MR) is 93.0 cm³/mol. The first-order chi connectivity index (χ1) is 13.2. The molecule has 28 heavy (non-hydrogen) atoms. The maximum Gasteiger partial charge on any atom is 0.418 e. The molecule has 0 fully saturated rings. The Bertz CT molecular complexity index is 880. The molecule has 0 aliphatic heterocycles. The van der Waals surface area contributed by atoms with Crippen LogP contribution >= 0.6 is 0 Å². The number of benzene rings is 2. The second kappa shape index (κ2) is 9.03. The first kappa shape index (κ1) is 20.9. The zero-order valence-corrected chi connectivity index (χ0v) is 14.7. The van der Waals surface area contributed by atoms with Gasteiger partial charge in [-0.3, -0.25) is 9.59 Å². The Balaban J connectivity index is 1.84. The SMILES string of the molecule is CC(=O)c1cccc(OCC(=O)OCC(=O)Nc2ccccc2C(F)(F)F)c1. The van der Waals surface area contributed by atoms with Gasteiger partial charge in [-0.2, -0.15) is 13.2 Å². The van der Waals surface area contributed by atoms with Gasteiger partial charge in [-0.15, -0.1) is 0 Å². The van der Waals surface area contributed by atoms with E-state index in [0.29, 0.717) is 5.56 Å². The van der Waals surface area contributed by atoms with E-state index in [1.165, 1.54) is 31.2 Å². The third kappa shape index (κ3) is 6.11.